The first-order chi connectivity index (χ1) is 16.2. The molecule has 2 aromatic carbocycles. The van der Waals surface area contributed by atoms with Gasteiger partial charge >= 0.3 is 5.97 Å². The quantitative estimate of drug-likeness (QED) is 0.121. The molecule has 0 bridgehead atoms. The van der Waals surface area contributed by atoms with Crippen molar-refractivity contribution in [2.24, 2.45) is 7.05 Å². The number of carbonyl (C=O) groups is 1. The van der Waals surface area contributed by atoms with E-state index in [1.807, 2.05) is 48.1 Å². The number of nitrogens with zero attached hydrogens (tertiary/aromatic N) is 2. The van der Waals surface area contributed by atoms with Crippen LogP contribution in [0.3, 0.4) is 0 Å². The maximum Gasteiger partial charge on any atom is 0.344 e. The van der Waals surface area contributed by atoms with Crippen LogP contribution >= 0.6 is 0 Å². The molecule has 34 heavy (non-hydrogen) atoms. The van der Waals surface area contributed by atoms with Gasteiger partial charge in [0.1, 0.15) is 25.0 Å². The van der Waals surface area contributed by atoms with E-state index in [0.29, 0.717) is 18.8 Å². The van der Waals surface area contributed by atoms with Crippen LogP contribution in [0.5, 0.6) is 5.75 Å². The zero-order valence-corrected chi connectivity index (χ0v) is 21.7. The Kier molecular flexibility index (Phi) is 9.94. The average Bonchev–Trinajstić information content (AvgIpc) is 3.25. The van der Waals surface area contributed by atoms with Crippen LogP contribution in [0.4, 0.5) is 0 Å². The van der Waals surface area contributed by atoms with Gasteiger partial charge in [-0.05, 0) is 55.2 Å². The third-order valence-corrected chi connectivity index (χ3v) is 5.69. The van der Waals surface area contributed by atoms with Crippen LogP contribution in [-0.2, 0) is 24.9 Å². The standard InChI is InChI=1S/C28H31N2O3.HI/c1-29-16-9-12-25(21-29)28(31)32-19-8-3-2-7-17-30-18-15-24-20-26(13-14-27(24)30)33-22-23-10-5-4-6-11-23;/h4-6,9-16,18,20-21H,2-3,7-8,17,19,22H2,1H3;1H/q+1;/p-1. The van der Waals surface area contributed by atoms with Gasteiger partial charge in [0.15, 0.2) is 12.4 Å². The molecule has 6 heteroatoms. The van der Waals surface area contributed by atoms with Crippen LogP contribution in [0, 0.1) is 0 Å². The van der Waals surface area contributed by atoms with Crippen molar-refractivity contribution in [1.29, 1.82) is 0 Å². The molecule has 0 aliphatic rings. The second-order valence-electron chi connectivity index (χ2n) is 8.31. The number of ether oxygens (including phenoxy) is 2. The lowest BCUT2D eigenvalue weighted by Gasteiger charge is -2.08. The minimum atomic E-state index is -0.253. The monoisotopic (exact) mass is 570 g/mol. The van der Waals surface area contributed by atoms with Gasteiger partial charge in [-0.25, -0.2) is 9.36 Å². The fourth-order valence-corrected chi connectivity index (χ4v) is 3.90. The van der Waals surface area contributed by atoms with Gasteiger partial charge in [0.05, 0.1) is 6.61 Å². The number of halogens is 1. The molecule has 0 amide bonds. The highest BCUT2D eigenvalue weighted by atomic mass is 127. The Morgan fingerprint density at radius 2 is 1.76 bits per heavy atom. The molecule has 0 fully saturated rings. The largest absolute Gasteiger partial charge is 1.00 e. The lowest BCUT2D eigenvalue weighted by molar-refractivity contribution is -0.671. The third-order valence-electron chi connectivity index (χ3n) is 5.69. The van der Waals surface area contributed by atoms with Gasteiger partial charge in [0.2, 0.25) is 0 Å². The molecule has 0 saturated heterocycles. The number of fused-ring (bicyclic) bond motifs is 1. The van der Waals surface area contributed by atoms with Gasteiger partial charge < -0.3 is 38.0 Å². The van der Waals surface area contributed by atoms with Crippen LogP contribution < -0.4 is 33.3 Å². The number of rotatable bonds is 11. The van der Waals surface area contributed by atoms with Crippen molar-refractivity contribution in [2.45, 2.75) is 38.8 Å². The maximum absolute atomic E-state index is 12.1. The molecule has 0 unspecified atom stereocenters. The van der Waals surface area contributed by atoms with E-state index < -0.39 is 0 Å². The number of aromatic nitrogens is 2. The highest BCUT2D eigenvalue weighted by molar-refractivity contribution is 5.88. The van der Waals surface area contributed by atoms with Gasteiger partial charge in [0, 0.05) is 29.7 Å². The molecule has 4 aromatic rings. The molecule has 0 saturated carbocycles. The maximum atomic E-state index is 12.1. The first-order valence-corrected chi connectivity index (χ1v) is 11.6. The van der Waals surface area contributed by atoms with Crippen molar-refractivity contribution >= 4 is 16.9 Å². The van der Waals surface area contributed by atoms with Gasteiger partial charge in [-0.1, -0.05) is 36.8 Å². The van der Waals surface area contributed by atoms with E-state index in [2.05, 4.69) is 41.1 Å². The van der Waals surface area contributed by atoms with Crippen LogP contribution in [0.2, 0.25) is 0 Å². The van der Waals surface area contributed by atoms with Crippen molar-refractivity contribution in [3.63, 3.8) is 0 Å². The summed E-state index contributed by atoms with van der Waals surface area (Å²) in [5.41, 5.74) is 2.99. The Labute approximate surface area is 218 Å². The molecule has 0 aliphatic heterocycles. The van der Waals surface area contributed by atoms with Crippen LogP contribution in [-0.4, -0.2) is 17.1 Å². The lowest BCUT2D eigenvalue weighted by Crippen LogP contribution is -3.00. The van der Waals surface area contributed by atoms with E-state index in [0.717, 1.165) is 38.0 Å². The molecule has 2 heterocycles. The summed E-state index contributed by atoms with van der Waals surface area (Å²) >= 11 is 0. The summed E-state index contributed by atoms with van der Waals surface area (Å²) in [6.07, 6.45) is 9.96. The minimum Gasteiger partial charge on any atom is -1.00 e. The number of carbonyl (C=O) groups excluding carboxylic acids is 1. The van der Waals surface area contributed by atoms with E-state index in [1.165, 1.54) is 16.5 Å². The summed E-state index contributed by atoms with van der Waals surface area (Å²) in [5, 5.41) is 1.20. The van der Waals surface area contributed by atoms with E-state index >= 15 is 0 Å². The molecule has 4 rings (SSSR count). The second-order valence-corrected chi connectivity index (χ2v) is 8.31. The fourth-order valence-electron chi connectivity index (χ4n) is 3.90. The third kappa shape index (κ3) is 7.32. The summed E-state index contributed by atoms with van der Waals surface area (Å²) in [4.78, 5) is 12.1. The predicted octanol–water partition coefficient (Wildman–Crippen LogP) is 2.47. The van der Waals surface area contributed by atoms with Crippen molar-refractivity contribution in [2.75, 3.05) is 6.61 Å². The molecule has 5 nitrogen and oxygen atoms in total. The number of hydrogen-bond donors (Lipinski definition) is 0. The van der Waals surface area contributed by atoms with E-state index in [1.54, 1.807) is 12.3 Å². The predicted molar refractivity (Wildman–Crippen MR) is 129 cm³/mol. The average molecular weight is 570 g/mol. The summed E-state index contributed by atoms with van der Waals surface area (Å²) in [6, 6.07) is 22.3. The van der Waals surface area contributed by atoms with Crippen molar-refractivity contribution in [3.8, 4) is 5.75 Å². The lowest BCUT2D eigenvalue weighted by atomic mass is 10.2. The Balaban J connectivity index is 0.00000324. The molecule has 0 atom stereocenters. The molecular weight excluding hydrogens is 539 g/mol. The molecular formula is C28H31IN2O3. The zero-order chi connectivity index (χ0) is 22.9. The van der Waals surface area contributed by atoms with Crippen LogP contribution in [0.25, 0.3) is 10.9 Å². The smallest absolute Gasteiger partial charge is 0.344 e. The normalized spacial score (nSPS) is 10.6. The van der Waals surface area contributed by atoms with Gasteiger partial charge in [-0.3, -0.25) is 0 Å². The highest BCUT2D eigenvalue weighted by Gasteiger charge is 2.10. The molecule has 0 N–H and O–H groups in total. The Hall–Kier alpha value is -2.87. The fraction of sp³-hybridized carbons (Fsp3) is 0.286. The Bertz CT molecular complexity index is 1190. The van der Waals surface area contributed by atoms with Crippen molar-refractivity contribution in [1.82, 2.24) is 4.57 Å². The van der Waals surface area contributed by atoms with E-state index in [-0.39, 0.29) is 29.9 Å². The Morgan fingerprint density at radius 3 is 2.59 bits per heavy atom. The van der Waals surface area contributed by atoms with Gasteiger partial charge in [0.25, 0.3) is 0 Å². The first kappa shape index (κ1) is 25.7. The molecule has 2 aromatic heterocycles. The van der Waals surface area contributed by atoms with Crippen molar-refractivity contribution in [3.05, 3.63) is 96.4 Å². The number of benzene rings is 2. The summed E-state index contributed by atoms with van der Waals surface area (Å²) in [6.45, 7) is 2.02. The van der Waals surface area contributed by atoms with Gasteiger partial charge in [-0.15, -0.1) is 0 Å². The molecule has 0 radical (unpaired) electrons. The summed E-state index contributed by atoms with van der Waals surface area (Å²) < 4.78 is 15.5. The topological polar surface area (TPSA) is 44.3 Å². The number of unbranched alkanes of at least 4 members (excludes halogenated alkanes) is 3. The van der Waals surface area contributed by atoms with Gasteiger partial charge in [-0.2, -0.15) is 0 Å². The zero-order valence-electron chi connectivity index (χ0n) is 19.5. The molecule has 0 aliphatic carbocycles. The summed E-state index contributed by atoms with van der Waals surface area (Å²) in [5.74, 6) is 0.639. The minimum absolute atomic E-state index is 0. The first-order valence-electron chi connectivity index (χ1n) is 11.6. The van der Waals surface area contributed by atoms with E-state index in [9.17, 15) is 4.79 Å². The number of hydrogen-bond acceptors (Lipinski definition) is 3. The number of esters is 1. The Morgan fingerprint density at radius 1 is 0.941 bits per heavy atom. The second kappa shape index (κ2) is 13.1. The SMILES string of the molecule is C[n+]1cccc(C(=O)OCCCCCCn2ccc3cc(OCc4ccccc4)ccc32)c1.[I-]. The molecule has 178 valence electrons. The van der Waals surface area contributed by atoms with Crippen molar-refractivity contribution < 1.29 is 42.8 Å². The highest BCUT2D eigenvalue weighted by Crippen LogP contribution is 2.23. The number of pyridine rings is 1. The number of aryl methyl sites for hydroxylation is 2. The summed E-state index contributed by atoms with van der Waals surface area (Å²) in [7, 11) is 1.89. The van der Waals surface area contributed by atoms with Crippen LogP contribution in [0.15, 0.2) is 85.3 Å². The molecule has 0 spiro atoms. The van der Waals surface area contributed by atoms with Crippen LogP contribution in [0.1, 0.15) is 41.6 Å². The van der Waals surface area contributed by atoms with E-state index in [4.69, 9.17) is 9.47 Å².